The highest BCUT2D eigenvalue weighted by Crippen LogP contribution is 2.35. The second-order valence-corrected chi connectivity index (χ2v) is 7.98. The van der Waals surface area contributed by atoms with E-state index in [9.17, 15) is 4.79 Å². The molecule has 0 unspecified atom stereocenters. The quantitative estimate of drug-likeness (QED) is 0.232. The molecule has 0 spiro atoms. The topological polar surface area (TPSA) is 57.9 Å². The predicted octanol–water partition coefficient (Wildman–Crippen LogP) is 6.38. The normalized spacial score (nSPS) is 11.6. The maximum atomic E-state index is 12.5. The molecule has 5 nitrogen and oxygen atoms in total. The highest BCUT2D eigenvalue weighted by atomic mass is 79.9. The molecular formula is C23H29BrO5. The highest BCUT2D eigenvalue weighted by Gasteiger charge is 2.21. The third-order valence-corrected chi connectivity index (χ3v) is 5.02. The van der Waals surface area contributed by atoms with Crippen molar-refractivity contribution in [3.05, 3.63) is 51.2 Å². The summed E-state index contributed by atoms with van der Waals surface area (Å²) in [4.78, 5) is 12.5. The summed E-state index contributed by atoms with van der Waals surface area (Å²) in [6, 6.07) is 3.63. The van der Waals surface area contributed by atoms with Crippen molar-refractivity contribution >= 4 is 32.9 Å². The van der Waals surface area contributed by atoms with Gasteiger partial charge in [0.1, 0.15) is 35.9 Å². The molecule has 0 saturated heterocycles. The van der Waals surface area contributed by atoms with Gasteiger partial charge in [0.2, 0.25) is 0 Å². The number of allylic oxidation sites excluding steroid dienone is 3. The Balaban J connectivity index is 2.14. The first-order chi connectivity index (χ1) is 13.8. The first-order valence-electron chi connectivity index (χ1n) is 9.64. The first kappa shape index (κ1) is 23.2. The number of ether oxygens (including phenoxy) is 3. The van der Waals surface area contributed by atoms with E-state index in [4.69, 9.17) is 18.6 Å². The minimum atomic E-state index is -0.429. The summed E-state index contributed by atoms with van der Waals surface area (Å²) in [6.45, 7) is 9.06. The number of esters is 1. The van der Waals surface area contributed by atoms with Crippen LogP contribution in [0.25, 0.3) is 11.0 Å². The molecule has 0 radical (unpaired) electrons. The van der Waals surface area contributed by atoms with Gasteiger partial charge < -0.3 is 18.6 Å². The summed E-state index contributed by atoms with van der Waals surface area (Å²) in [7, 11) is 1.56. The van der Waals surface area contributed by atoms with Gasteiger partial charge >= 0.3 is 5.97 Å². The molecule has 0 amide bonds. The van der Waals surface area contributed by atoms with E-state index >= 15 is 0 Å². The van der Waals surface area contributed by atoms with Gasteiger partial charge in [0.25, 0.3) is 0 Å². The van der Waals surface area contributed by atoms with E-state index in [-0.39, 0.29) is 6.61 Å². The van der Waals surface area contributed by atoms with Crippen LogP contribution in [0.4, 0.5) is 0 Å². The number of halogens is 1. The number of hydrogen-bond donors (Lipinski definition) is 0. The largest absolute Gasteiger partial charge is 0.488 e. The molecule has 0 aliphatic heterocycles. The molecule has 0 aliphatic carbocycles. The van der Waals surface area contributed by atoms with Gasteiger partial charge in [-0.15, -0.1) is 0 Å². The zero-order valence-electron chi connectivity index (χ0n) is 17.8. The summed E-state index contributed by atoms with van der Waals surface area (Å²) in [5, 5.41) is 0.673. The van der Waals surface area contributed by atoms with Crippen LogP contribution >= 0.6 is 15.9 Å². The fraction of sp³-hybridized carbons (Fsp3) is 0.435. The molecule has 0 bridgehead atoms. The molecule has 0 atom stereocenters. The minimum Gasteiger partial charge on any atom is -0.488 e. The standard InChI is InChI=1S/C23H29BrO5/c1-15(2)7-6-8-16(3)9-10-27-21-13-18-20(14-19(21)24)29-17(4)22(18)23(25)28-12-11-26-5/h7,9,13-14H,6,8,10-12H2,1-5H3. The van der Waals surface area contributed by atoms with E-state index in [0.717, 1.165) is 17.3 Å². The van der Waals surface area contributed by atoms with Crippen LogP contribution in [0.3, 0.4) is 0 Å². The van der Waals surface area contributed by atoms with Crippen molar-refractivity contribution in [1.29, 1.82) is 0 Å². The average molecular weight is 465 g/mol. The first-order valence-corrected chi connectivity index (χ1v) is 10.4. The van der Waals surface area contributed by atoms with Gasteiger partial charge in [-0.25, -0.2) is 4.79 Å². The summed E-state index contributed by atoms with van der Waals surface area (Å²) in [5.41, 5.74) is 3.63. The number of hydrogen-bond acceptors (Lipinski definition) is 5. The fourth-order valence-electron chi connectivity index (χ4n) is 2.84. The minimum absolute atomic E-state index is 0.193. The molecule has 158 valence electrons. The van der Waals surface area contributed by atoms with Crippen LogP contribution in [0.1, 0.15) is 49.7 Å². The van der Waals surface area contributed by atoms with Gasteiger partial charge in [-0.05, 0) is 74.7 Å². The van der Waals surface area contributed by atoms with Crippen molar-refractivity contribution in [2.24, 2.45) is 0 Å². The fourth-order valence-corrected chi connectivity index (χ4v) is 3.28. The Morgan fingerprint density at radius 3 is 2.62 bits per heavy atom. The molecule has 1 heterocycles. The Labute approximate surface area is 180 Å². The summed E-state index contributed by atoms with van der Waals surface area (Å²) in [5.74, 6) is 0.737. The maximum Gasteiger partial charge on any atom is 0.342 e. The van der Waals surface area contributed by atoms with Gasteiger partial charge in [0.05, 0.1) is 11.1 Å². The molecule has 0 saturated carbocycles. The smallest absolute Gasteiger partial charge is 0.342 e. The van der Waals surface area contributed by atoms with E-state index in [1.54, 1.807) is 14.0 Å². The van der Waals surface area contributed by atoms with Crippen LogP contribution in [-0.4, -0.2) is 32.9 Å². The third-order valence-electron chi connectivity index (χ3n) is 4.41. The monoisotopic (exact) mass is 464 g/mol. The summed E-state index contributed by atoms with van der Waals surface area (Å²) >= 11 is 3.52. The van der Waals surface area contributed by atoms with Gasteiger partial charge in [0.15, 0.2) is 0 Å². The van der Waals surface area contributed by atoms with Crippen LogP contribution in [0.15, 0.2) is 44.3 Å². The average Bonchev–Trinajstić information content (AvgIpc) is 2.96. The summed E-state index contributed by atoms with van der Waals surface area (Å²) in [6.07, 6.45) is 6.35. The number of benzene rings is 1. The number of carbonyl (C=O) groups is 1. The zero-order valence-corrected chi connectivity index (χ0v) is 19.4. The molecule has 1 aromatic heterocycles. The molecule has 6 heteroatoms. The van der Waals surface area contributed by atoms with Crippen LogP contribution in [-0.2, 0) is 9.47 Å². The van der Waals surface area contributed by atoms with Crippen molar-refractivity contribution in [2.45, 2.75) is 40.5 Å². The molecule has 0 N–H and O–H groups in total. The molecule has 1 aromatic carbocycles. The number of rotatable bonds is 10. The second kappa shape index (κ2) is 11.2. The van der Waals surface area contributed by atoms with Gasteiger partial charge in [-0.1, -0.05) is 17.2 Å². The lowest BCUT2D eigenvalue weighted by Gasteiger charge is -2.08. The molecule has 0 aliphatic rings. The van der Waals surface area contributed by atoms with E-state index in [1.807, 2.05) is 12.1 Å². The molecular weight excluding hydrogens is 436 g/mol. The van der Waals surface area contributed by atoms with Crippen LogP contribution < -0.4 is 4.74 Å². The zero-order chi connectivity index (χ0) is 21.4. The third kappa shape index (κ3) is 6.75. The summed E-state index contributed by atoms with van der Waals surface area (Å²) < 4.78 is 22.6. The van der Waals surface area contributed by atoms with Gasteiger partial charge in [0, 0.05) is 12.5 Å². The van der Waals surface area contributed by atoms with Crippen molar-refractivity contribution in [2.75, 3.05) is 26.9 Å². The predicted molar refractivity (Wildman–Crippen MR) is 119 cm³/mol. The Kier molecular flexibility index (Phi) is 8.99. The Bertz CT molecular complexity index is 904. The number of furan rings is 1. The van der Waals surface area contributed by atoms with E-state index in [2.05, 4.69) is 48.9 Å². The number of fused-ring (bicyclic) bond motifs is 1. The maximum absolute atomic E-state index is 12.5. The van der Waals surface area contributed by atoms with Crippen LogP contribution in [0.2, 0.25) is 0 Å². The van der Waals surface area contributed by atoms with Crippen molar-refractivity contribution < 1.29 is 23.4 Å². The molecule has 0 fully saturated rings. The van der Waals surface area contributed by atoms with Crippen molar-refractivity contribution in [1.82, 2.24) is 0 Å². The number of carbonyl (C=O) groups excluding carboxylic acids is 1. The lowest BCUT2D eigenvalue weighted by molar-refractivity contribution is 0.0388. The lowest BCUT2D eigenvalue weighted by atomic mass is 10.1. The number of methoxy groups -OCH3 is 1. The van der Waals surface area contributed by atoms with Crippen LogP contribution in [0, 0.1) is 6.92 Å². The molecule has 2 aromatic rings. The van der Waals surface area contributed by atoms with Gasteiger partial charge in [-0.3, -0.25) is 0 Å². The second-order valence-electron chi connectivity index (χ2n) is 7.12. The van der Waals surface area contributed by atoms with E-state index in [1.165, 1.54) is 11.1 Å². The Morgan fingerprint density at radius 1 is 1.17 bits per heavy atom. The van der Waals surface area contributed by atoms with E-state index in [0.29, 0.717) is 41.3 Å². The number of aryl methyl sites for hydroxylation is 1. The van der Waals surface area contributed by atoms with Crippen molar-refractivity contribution in [3.8, 4) is 5.75 Å². The van der Waals surface area contributed by atoms with Crippen LogP contribution in [0.5, 0.6) is 5.75 Å². The van der Waals surface area contributed by atoms with Gasteiger partial charge in [-0.2, -0.15) is 0 Å². The Morgan fingerprint density at radius 2 is 1.93 bits per heavy atom. The van der Waals surface area contributed by atoms with E-state index < -0.39 is 5.97 Å². The molecule has 29 heavy (non-hydrogen) atoms. The highest BCUT2D eigenvalue weighted by molar-refractivity contribution is 9.10. The SMILES string of the molecule is COCCOC(=O)c1c(C)oc2cc(Br)c(OCC=C(C)CCC=C(C)C)cc12. The lowest BCUT2D eigenvalue weighted by Crippen LogP contribution is -2.10. The van der Waals surface area contributed by atoms with Crippen molar-refractivity contribution in [3.63, 3.8) is 0 Å². The Hall–Kier alpha value is -2.05. The molecule has 2 rings (SSSR count).